The molecule has 0 bridgehead atoms. The maximum Gasteiger partial charge on any atom is 0.224 e. The van der Waals surface area contributed by atoms with Gasteiger partial charge in [-0.05, 0) is 48.0 Å². The second kappa shape index (κ2) is 5.28. The van der Waals surface area contributed by atoms with Crippen molar-refractivity contribution < 1.29 is 0 Å². The topological polar surface area (TPSA) is 29.0 Å². The molecule has 1 aliphatic carbocycles. The predicted molar refractivity (Wildman–Crippen MR) is 88.1 cm³/mol. The lowest BCUT2D eigenvalue weighted by Gasteiger charge is -2.24. The van der Waals surface area contributed by atoms with Crippen LogP contribution < -0.4 is 4.90 Å². The van der Waals surface area contributed by atoms with Gasteiger partial charge < -0.3 is 4.90 Å². The van der Waals surface area contributed by atoms with Crippen molar-refractivity contribution in [3.8, 4) is 0 Å². The van der Waals surface area contributed by atoms with E-state index in [4.69, 9.17) is 11.6 Å². The molecule has 0 aliphatic heterocycles. The van der Waals surface area contributed by atoms with Crippen molar-refractivity contribution in [2.75, 3.05) is 4.90 Å². The van der Waals surface area contributed by atoms with E-state index >= 15 is 0 Å². The second-order valence-electron chi connectivity index (χ2n) is 5.27. The summed E-state index contributed by atoms with van der Waals surface area (Å²) in [5.74, 6) is 0.960. The monoisotopic (exact) mass is 315 g/mol. The first-order valence-corrected chi connectivity index (χ1v) is 8.28. The fourth-order valence-corrected chi connectivity index (χ4v) is 3.46. The molecular formula is C16H14ClN3S. The summed E-state index contributed by atoms with van der Waals surface area (Å²) in [5, 5.41) is 3.51. The smallest absolute Gasteiger partial charge is 0.224 e. The lowest BCUT2D eigenvalue weighted by molar-refractivity contribution is 0.789. The molecule has 0 N–H and O–H groups in total. The Balaban J connectivity index is 1.82. The Morgan fingerprint density at radius 3 is 2.76 bits per heavy atom. The van der Waals surface area contributed by atoms with Gasteiger partial charge in [0.2, 0.25) is 5.28 Å². The van der Waals surface area contributed by atoms with Gasteiger partial charge in [0.25, 0.3) is 0 Å². The van der Waals surface area contributed by atoms with Gasteiger partial charge in [0.15, 0.2) is 0 Å². The Morgan fingerprint density at radius 1 is 1.14 bits per heavy atom. The van der Waals surface area contributed by atoms with Crippen LogP contribution in [0.5, 0.6) is 0 Å². The van der Waals surface area contributed by atoms with E-state index < -0.39 is 0 Å². The van der Waals surface area contributed by atoms with Crippen LogP contribution in [0, 0.1) is 0 Å². The standard InChI is InChI=1S/C16H14ClN3S/c17-16-18-14-6-2-1-5-13(14)15(19-16)20(11-7-8-11)10-12-4-3-9-21-12/h1-6,9,11H,7-8,10H2. The third-order valence-electron chi connectivity index (χ3n) is 3.72. The summed E-state index contributed by atoms with van der Waals surface area (Å²) in [6.07, 6.45) is 2.45. The molecule has 3 aromatic rings. The summed E-state index contributed by atoms with van der Waals surface area (Å²) in [6.45, 7) is 0.889. The van der Waals surface area contributed by atoms with E-state index in [1.54, 1.807) is 11.3 Å². The predicted octanol–water partition coefficient (Wildman–Crippen LogP) is 4.51. The fourth-order valence-electron chi connectivity index (χ4n) is 2.58. The highest BCUT2D eigenvalue weighted by Gasteiger charge is 2.31. The number of rotatable bonds is 4. The van der Waals surface area contributed by atoms with Gasteiger partial charge in [0.05, 0.1) is 12.1 Å². The number of thiophene rings is 1. The summed E-state index contributed by atoms with van der Waals surface area (Å²) in [5.41, 5.74) is 0.907. The number of para-hydroxylation sites is 1. The van der Waals surface area contributed by atoms with Crippen LogP contribution in [0.3, 0.4) is 0 Å². The zero-order valence-electron chi connectivity index (χ0n) is 11.4. The Morgan fingerprint density at radius 2 is 2.00 bits per heavy atom. The van der Waals surface area contributed by atoms with E-state index in [1.165, 1.54) is 17.7 Å². The van der Waals surface area contributed by atoms with E-state index in [0.717, 1.165) is 23.3 Å². The molecule has 2 heterocycles. The molecule has 3 nitrogen and oxygen atoms in total. The maximum absolute atomic E-state index is 6.13. The van der Waals surface area contributed by atoms with Crippen LogP contribution in [-0.4, -0.2) is 16.0 Å². The molecule has 0 spiro atoms. The van der Waals surface area contributed by atoms with Crippen LogP contribution >= 0.6 is 22.9 Å². The molecule has 0 amide bonds. The summed E-state index contributed by atoms with van der Waals surface area (Å²) in [4.78, 5) is 12.6. The Hall–Kier alpha value is -1.65. The highest BCUT2D eigenvalue weighted by atomic mass is 35.5. The third kappa shape index (κ3) is 2.61. The normalized spacial score (nSPS) is 14.5. The van der Waals surface area contributed by atoms with Crippen LogP contribution in [0.25, 0.3) is 10.9 Å². The first kappa shape index (κ1) is 13.0. The van der Waals surface area contributed by atoms with Gasteiger partial charge in [-0.1, -0.05) is 18.2 Å². The third-order valence-corrected chi connectivity index (χ3v) is 4.75. The quantitative estimate of drug-likeness (QED) is 0.663. The number of benzene rings is 1. The van der Waals surface area contributed by atoms with Crippen molar-refractivity contribution in [3.63, 3.8) is 0 Å². The van der Waals surface area contributed by atoms with Gasteiger partial charge in [0, 0.05) is 16.3 Å². The summed E-state index contributed by atoms with van der Waals surface area (Å²) >= 11 is 7.91. The SMILES string of the molecule is Clc1nc(N(Cc2cccs2)C2CC2)c2ccccc2n1. The molecule has 0 atom stereocenters. The van der Waals surface area contributed by atoms with E-state index in [1.807, 2.05) is 18.2 Å². The van der Waals surface area contributed by atoms with Crippen molar-refractivity contribution >= 4 is 39.7 Å². The van der Waals surface area contributed by atoms with Crippen molar-refractivity contribution in [1.29, 1.82) is 0 Å². The zero-order valence-corrected chi connectivity index (χ0v) is 12.9. The molecule has 2 aromatic heterocycles. The van der Waals surface area contributed by atoms with E-state index in [0.29, 0.717) is 11.3 Å². The van der Waals surface area contributed by atoms with E-state index in [9.17, 15) is 0 Å². The van der Waals surface area contributed by atoms with Crippen molar-refractivity contribution in [2.24, 2.45) is 0 Å². The van der Waals surface area contributed by atoms with Crippen molar-refractivity contribution in [1.82, 2.24) is 9.97 Å². The molecule has 0 radical (unpaired) electrons. The minimum atomic E-state index is 0.320. The maximum atomic E-state index is 6.13. The molecule has 1 saturated carbocycles. The first-order chi connectivity index (χ1) is 10.3. The molecule has 0 saturated heterocycles. The minimum absolute atomic E-state index is 0.320. The van der Waals surface area contributed by atoms with Gasteiger partial charge in [-0.3, -0.25) is 0 Å². The average molecular weight is 316 g/mol. The van der Waals surface area contributed by atoms with E-state index in [2.05, 4.69) is 38.4 Å². The van der Waals surface area contributed by atoms with Gasteiger partial charge in [-0.15, -0.1) is 11.3 Å². The molecule has 5 heteroatoms. The summed E-state index contributed by atoms with van der Waals surface area (Å²) < 4.78 is 0. The summed E-state index contributed by atoms with van der Waals surface area (Å²) in [6, 6.07) is 12.9. The molecule has 1 fully saturated rings. The Bertz CT molecular complexity index is 768. The Labute approximate surface area is 132 Å². The molecule has 21 heavy (non-hydrogen) atoms. The second-order valence-corrected chi connectivity index (χ2v) is 6.64. The van der Waals surface area contributed by atoms with Crippen LogP contribution in [0.15, 0.2) is 41.8 Å². The van der Waals surface area contributed by atoms with Crippen molar-refractivity contribution in [2.45, 2.75) is 25.4 Å². The lowest BCUT2D eigenvalue weighted by atomic mass is 10.2. The molecule has 106 valence electrons. The fraction of sp³-hybridized carbons (Fsp3) is 0.250. The highest BCUT2D eigenvalue weighted by molar-refractivity contribution is 7.09. The van der Waals surface area contributed by atoms with Gasteiger partial charge in [0.1, 0.15) is 5.82 Å². The van der Waals surface area contributed by atoms with Crippen LogP contribution in [0.2, 0.25) is 5.28 Å². The summed E-state index contributed by atoms with van der Waals surface area (Å²) in [7, 11) is 0. The highest BCUT2D eigenvalue weighted by Crippen LogP contribution is 2.36. The lowest BCUT2D eigenvalue weighted by Crippen LogP contribution is -2.26. The zero-order chi connectivity index (χ0) is 14.2. The van der Waals surface area contributed by atoms with E-state index in [-0.39, 0.29) is 0 Å². The number of hydrogen-bond donors (Lipinski definition) is 0. The number of anilines is 1. The number of fused-ring (bicyclic) bond motifs is 1. The Kier molecular flexibility index (Phi) is 3.28. The number of aromatic nitrogens is 2. The minimum Gasteiger partial charge on any atom is -0.348 e. The van der Waals surface area contributed by atoms with Crippen molar-refractivity contribution in [3.05, 3.63) is 51.9 Å². The molecule has 0 unspecified atom stereocenters. The largest absolute Gasteiger partial charge is 0.348 e. The van der Waals surface area contributed by atoms with Gasteiger partial charge >= 0.3 is 0 Å². The molecular weight excluding hydrogens is 302 g/mol. The van der Waals surface area contributed by atoms with Crippen LogP contribution in [0.4, 0.5) is 5.82 Å². The number of halogens is 1. The number of hydrogen-bond acceptors (Lipinski definition) is 4. The molecule has 4 rings (SSSR count). The average Bonchev–Trinajstić information content (AvgIpc) is 3.20. The van der Waals surface area contributed by atoms with Crippen LogP contribution in [-0.2, 0) is 6.54 Å². The van der Waals surface area contributed by atoms with Gasteiger partial charge in [-0.25, -0.2) is 4.98 Å². The first-order valence-electron chi connectivity index (χ1n) is 7.02. The number of nitrogens with zero attached hydrogens (tertiary/aromatic N) is 3. The molecule has 1 aromatic carbocycles. The van der Waals surface area contributed by atoms with Gasteiger partial charge in [-0.2, -0.15) is 4.98 Å². The molecule has 1 aliphatic rings. The van der Waals surface area contributed by atoms with Crippen LogP contribution in [0.1, 0.15) is 17.7 Å².